The molecule has 0 unspecified atom stereocenters. The van der Waals surface area contributed by atoms with Gasteiger partial charge in [-0.2, -0.15) is 0 Å². The lowest BCUT2D eigenvalue weighted by Gasteiger charge is -2.49. The zero-order valence-corrected chi connectivity index (χ0v) is 75.7. The number of aliphatic hydroxyl groups is 1. The van der Waals surface area contributed by atoms with E-state index in [1.54, 1.807) is 77.8 Å². The Kier molecular flexibility index (Phi) is 38.6. The van der Waals surface area contributed by atoms with Gasteiger partial charge >= 0.3 is 36.1 Å². The van der Waals surface area contributed by atoms with E-state index in [2.05, 4.69) is 26.6 Å². The standard InChI is InChI=1S/C91H127N9O27/c1-18-54(6)77(70(116-15)44-74(107)100-39-26-33-68(100)79(117-16)55(7)84(109)95-56(8)78(108)61-27-20-19-21-28-61)97(12)86(111)75(52(2)3)96-85(110)76(53(4)5)98(13)90(114)121-46-60-34-35-69(126-88-83(125-59(11)103)81(124-58(10)102)80(123-57(9)101)82(127-88)87(112)118-17)62(43-60)45-93-71(104)36-38-92-72(105)48-122-91(50-99(51-91)73(106)37-40-119-42-41-115-14)49-94-89(113)120-47-67-65-31-24-22-29-63(65)64-30-23-25-32-66(64)67/h19-25,27-32,34-35,43,52-56,67-68,70,75-83,88,108H,18,26,33,36-42,44-51H2,1-17H3,(H,92,105)(H,93,104)(H,94,113)(H,95,109)(H,96,110)/t54-,55+,56+,68-,70+,75-,76-,77-,78+,79+,80-,81-,82-,83+,88+/m0/s1. The fourth-order valence-electron chi connectivity index (χ4n) is 16.6. The maximum absolute atomic E-state index is 15.1. The summed E-state index contributed by atoms with van der Waals surface area (Å²) >= 11 is 0. The SMILES string of the molecule is CC[C@H](C)[C@@H]([C@@H](CC(=O)N1CCC[C@H]1[C@H](OC)[C@@H](C)C(=O)N[C@H](C)[C@@H](O)c1ccccc1)OC)N(C)C(=O)[C@@H](NC(=O)[C@H](C(C)C)N(C)C(=O)OCc1ccc(O[C@@H]2O[C@H](C(=O)OC)[C@@H](OC(C)=O)[C@H](OC(C)=O)[C@H]2OC(C)=O)c(CNC(=O)CCNC(=O)COC2(CNC(=O)OCC3c4ccccc4-c4ccccc43)CN(C(=O)CCOCCOC)C2)c1)C(C)C. The van der Waals surface area contributed by atoms with Crippen molar-refractivity contribution in [1.29, 1.82) is 0 Å². The van der Waals surface area contributed by atoms with Gasteiger partial charge in [-0.05, 0) is 83.0 Å². The van der Waals surface area contributed by atoms with Gasteiger partial charge in [0, 0.05) is 93.7 Å². The van der Waals surface area contributed by atoms with E-state index < -0.39 is 182 Å². The zero-order chi connectivity index (χ0) is 93.1. The molecule has 9 amide bonds. The molecule has 4 aromatic rings. The third-order valence-corrected chi connectivity index (χ3v) is 23.4. The highest BCUT2D eigenvalue weighted by Crippen LogP contribution is 2.45. The summed E-state index contributed by atoms with van der Waals surface area (Å²) in [5.74, 6) is -9.77. The van der Waals surface area contributed by atoms with Gasteiger partial charge in [-0.1, -0.05) is 140 Å². The second kappa shape index (κ2) is 48.3. The number of nitrogens with one attached hydrogen (secondary N) is 5. The Labute approximate surface area is 741 Å². The monoisotopic (exact) mass is 1780 g/mol. The summed E-state index contributed by atoms with van der Waals surface area (Å²) in [6, 6.07) is 24.8. The average Bonchev–Trinajstić information content (AvgIpc) is 1.77. The summed E-state index contributed by atoms with van der Waals surface area (Å²) in [5.41, 5.74) is 3.92. The van der Waals surface area contributed by atoms with Gasteiger partial charge in [-0.3, -0.25) is 52.8 Å². The van der Waals surface area contributed by atoms with Crippen LogP contribution in [0.15, 0.2) is 97.1 Å². The molecule has 6 N–H and O–H groups in total. The molecule has 3 fully saturated rings. The molecule has 36 nitrogen and oxygen atoms in total. The lowest BCUT2D eigenvalue weighted by Crippen LogP contribution is -2.69. The second-order valence-electron chi connectivity index (χ2n) is 33.2. The largest absolute Gasteiger partial charge is 0.467 e. The molecule has 698 valence electrons. The van der Waals surface area contributed by atoms with Crippen molar-refractivity contribution in [2.45, 2.75) is 219 Å². The summed E-state index contributed by atoms with van der Waals surface area (Å²) in [7, 11) is 8.46. The van der Waals surface area contributed by atoms with Crippen molar-refractivity contribution in [2.75, 3.05) is 108 Å². The van der Waals surface area contributed by atoms with E-state index in [1.165, 1.54) is 56.4 Å². The molecule has 36 heteroatoms. The normalized spacial score (nSPS) is 19.6. The van der Waals surface area contributed by atoms with Gasteiger partial charge in [0.25, 0.3) is 0 Å². The van der Waals surface area contributed by atoms with E-state index in [-0.39, 0.29) is 112 Å². The van der Waals surface area contributed by atoms with E-state index in [9.17, 15) is 62.6 Å². The molecule has 0 spiro atoms. The van der Waals surface area contributed by atoms with Crippen LogP contribution >= 0.6 is 0 Å². The van der Waals surface area contributed by atoms with Gasteiger partial charge in [0.15, 0.2) is 18.3 Å². The quantitative estimate of drug-likeness (QED) is 0.0169. The summed E-state index contributed by atoms with van der Waals surface area (Å²) in [4.78, 5) is 184. The smallest absolute Gasteiger partial charge is 0.410 e. The van der Waals surface area contributed by atoms with Crippen LogP contribution in [0.4, 0.5) is 9.59 Å². The van der Waals surface area contributed by atoms with Crippen LogP contribution in [-0.4, -0.2) is 289 Å². The minimum absolute atomic E-state index is 0.00213. The number of benzene rings is 4. The Morgan fingerprint density at radius 2 is 1.30 bits per heavy atom. The van der Waals surface area contributed by atoms with Crippen LogP contribution < -0.4 is 31.3 Å². The van der Waals surface area contributed by atoms with Crippen LogP contribution in [0, 0.1) is 23.7 Å². The number of hydrogen-bond donors (Lipinski definition) is 6. The van der Waals surface area contributed by atoms with Crippen molar-refractivity contribution in [3.63, 3.8) is 0 Å². The molecular weight excluding hydrogens is 1650 g/mol. The van der Waals surface area contributed by atoms with Crippen LogP contribution in [0.25, 0.3) is 11.1 Å². The number of fused-ring (bicyclic) bond motifs is 3. The molecule has 127 heavy (non-hydrogen) atoms. The van der Waals surface area contributed by atoms with Crippen LogP contribution in [-0.2, 0) is 123 Å². The third kappa shape index (κ3) is 27.3. The zero-order valence-electron chi connectivity index (χ0n) is 75.7. The highest BCUT2D eigenvalue weighted by Gasteiger charge is 2.57. The first kappa shape index (κ1) is 102. The van der Waals surface area contributed by atoms with E-state index in [0.717, 1.165) is 55.0 Å². The van der Waals surface area contributed by atoms with Gasteiger partial charge < -0.3 is 108 Å². The fourth-order valence-corrected chi connectivity index (χ4v) is 16.6. The van der Waals surface area contributed by atoms with Crippen molar-refractivity contribution in [3.8, 4) is 16.9 Å². The van der Waals surface area contributed by atoms with Crippen molar-refractivity contribution in [1.82, 2.24) is 46.2 Å². The maximum atomic E-state index is 15.1. The summed E-state index contributed by atoms with van der Waals surface area (Å²) in [6.07, 6.45) is -11.9. The number of amides is 9. The van der Waals surface area contributed by atoms with Gasteiger partial charge in [0.05, 0.1) is 102 Å². The van der Waals surface area contributed by atoms with Crippen molar-refractivity contribution in [2.24, 2.45) is 23.7 Å². The number of carbonyl (C=O) groups is 13. The van der Waals surface area contributed by atoms with Crippen LogP contribution in [0.1, 0.15) is 155 Å². The number of hydrogen-bond acceptors (Lipinski definition) is 27. The Balaban J connectivity index is 0.941. The van der Waals surface area contributed by atoms with Gasteiger partial charge in [-0.25, -0.2) is 14.4 Å². The molecule has 3 saturated heterocycles. The van der Waals surface area contributed by atoms with Crippen molar-refractivity contribution < 1.29 is 129 Å². The molecule has 0 bridgehead atoms. The Morgan fingerprint density at radius 1 is 0.661 bits per heavy atom. The first-order valence-electron chi connectivity index (χ1n) is 43.0. The molecule has 4 aliphatic rings. The first-order chi connectivity index (χ1) is 60.5. The molecule has 1 aliphatic carbocycles. The second-order valence-corrected chi connectivity index (χ2v) is 33.2. The molecule has 0 saturated carbocycles. The molecule has 8 rings (SSSR count). The fraction of sp³-hybridized carbons (Fsp3) is 0.593. The third-order valence-electron chi connectivity index (χ3n) is 23.4. The minimum atomic E-state index is -1.86. The van der Waals surface area contributed by atoms with E-state index in [0.29, 0.717) is 38.0 Å². The Morgan fingerprint density at radius 3 is 1.91 bits per heavy atom. The number of aliphatic hydroxyl groups excluding tert-OH is 1. The predicted octanol–water partition coefficient (Wildman–Crippen LogP) is 5.96. The van der Waals surface area contributed by atoms with Crippen LogP contribution in [0.2, 0.25) is 0 Å². The molecule has 15 atom stereocenters. The van der Waals surface area contributed by atoms with Gasteiger partial charge in [0.1, 0.15) is 43.3 Å². The average molecular weight is 1780 g/mol. The molecular formula is C91H127N9O27. The van der Waals surface area contributed by atoms with E-state index in [4.69, 9.17) is 61.6 Å². The summed E-state index contributed by atoms with van der Waals surface area (Å²) in [5, 5.41) is 25.1. The highest BCUT2D eigenvalue weighted by atomic mass is 16.7. The highest BCUT2D eigenvalue weighted by molar-refractivity contribution is 5.92. The van der Waals surface area contributed by atoms with E-state index in [1.807, 2.05) is 68.4 Å². The first-order valence-corrected chi connectivity index (χ1v) is 43.0. The number of nitrogens with zero attached hydrogens (tertiary/aromatic N) is 4. The number of likely N-dealkylation sites (tertiary alicyclic amines) is 2. The molecule has 3 aliphatic heterocycles. The Bertz CT molecular complexity index is 4370. The molecule has 4 aromatic carbocycles. The lowest BCUT2D eigenvalue weighted by atomic mass is 9.89. The molecule has 3 heterocycles. The van der Waals surface area contributed by atoms with Gasteiger partial charge in [-0.15, -0.1) is 0 Å². The molecule has 0 aromatic heterocycles. The Hall–Kier alpha value is -10.9. The van der Waals surface area contributed by atoms with Crippen LogP contribution in [0.5, 0.6) is 5.75 Å². The number of carbonyl (C=O) groups excluding carboxylic acids is 13. The lowest BCUT2D eigenvalue weighted by molar-refractivity contribution is -0.282. The predicted molar refractivity (Wildman–Crippen MR) is 458 cm³/mol. The van der Waals surface area contributed by atoms with Gasteiger partial charge in [0.2, 0.25) is 53.7 Å². The minimum Gasteiger partial charge on any atom is -0.467 e. The number of esters is 4. The van der Waals surface area contributed by atoms with E-state index >= 15 is 4.79 Å². The summed E-state index contributed by atoms with van der Waals surface area (Å²) in [6.45, 7) is 16.6. The summed E-state index contributed by atoms with van der Waals surface area (Å²) < 4.78 is 74.6. The number of likely N-dealkylation sites (N-methyl/N-ethyl adjacent to an activating group) is 2. The number of ether oxygens (including phenoxy) is 13. The van der Waals surface area contributed by atoms with Crippen LogP contribution in [0.3, 0.4) is 0 Å². The topological polar surface area (TPSA) is 435 Å². The number of alkyl carbamates (subject to hydrolysis) is 1. The van der Waals surface area contributed by atoms with Crippen molar-refractivity contribution >= 4 is 77.4 Å². The maximum Gasteiger partial charge on any atom is 0.410 e. The number of rotatable bonds is 46. The number of methoxy groups -OCH3 is 4. The molecule has 0 radical (unpaired) electrons. The van der Waals surface area contributed by atoms with Crippen molar-refractivity contribution in [3.05, 3.63) is 125 Å².